The van der Waals surface area contributed by atoms with E-state index in [1.165, 1.54) is 16.0 Å². The molecular formula is C20H25NOS. The first kappa shape index (κ1) is 16.4. The maximum absolute atomic E-state index is 11.2. The summed E-state index contributed by atoms with van der Waals surface area (Å²) in [5, 5.41) is 14.6. The molecule has 0 unspecified atom stereocenters. The fourth-order valence-corrected chi connectivity index (χ4v) is 4.44. The maximum atomic E-state index is 11.2. The molecule has 2 nitrogen and oxygen atoms in total. The monoisotopic (exact) mass is 327 g/mol. The molecular weight excluding hydrogens is 302 g/mol. The highest BCUT2D eigenvalue weighted by Crippen LogP contribution is 2.47. The molecule has 0 fully saturated rings. The van der Waals surface area contributed by atoms with Crippen LogP contribution in [0.15, 0.2) is 53.4 Å². The molecule has 2 aromatic carbocycles. The van der Waals surface area contributed by atoms with Crippen LogP contribution in [0, 0.1) is 5.41 Å². The molecule has 23 heavy (non-hydrogen) atoms. The Morgan fingerprint density at radius 2 is 1.91 bits per heavy atom. The average molecular weight is 327 g/mol. The van der Waals surface area contributed by atoms with E-state index in [2.05, 4.69) is 68.6 Å². The molecule has 0 saturated carbocycles. The first-order chi connectivity index (χ1) is 11.0. The summed E-state index contributed by atoms with van der Waals surface area (Å²) in [7, 11) is 0. The Labute approximate surface area is 143 Å². The minimum atomic E-state index is -0.407. The first-order valence-corrected chi connectivity index (χ1v) is 9.25. The van der Waals surface area contributed by atoms with Gasteiger partial charge in [-0.3, -0.25) is 0 Å². The van der Waals surface area contributed by atoms with Crippen LogP contribution in [-0.2, 0) is 0 Å². The van der Waals surface area contributed by atoms with E-state index in [1.54, 1.807) is 0 Å². The molecule has 2 aromatic rings. The van der Waals surface area contributed by atoms with Crippen molar-refractivity contribution in [1.29, 1.82) is 0 Å². The zero-order valence-electron chi connectivity index (χ0n) is 14.0. The number of aliphatic hydroxyl groups is 1. The third kappa shape index (κ3) is 3.26. The van der Waals surface area contributed by atoms with Crippen LogP contribution in [0.25, 0.3) is 0 Å². The van der Waals surface area contributed by atoms with Crippen LogP contribution >= 0.6 is 11.8 Å². The molecule has 0 aromatic heterocycles. The van der Waals surface area contributed by atoms with Crippen LogP contribution in [0.5, 0.6) is 0 Å². The summed E-state index contributed by atoms with van der Waals surface area (Å²) in [4.78, 5) is 1.28. The van der Waals surface area contributed by atoms with Crippen molar-refractivity contribution >= 4 is 17.4 Å². The van der Waals surface area contributed by atoms with Gasteiger partial charge in [0.1, 0.15) is 0 Å². The number of fused-ring (bicyclic) bond motifs is 1. The zero-order chi connectivity index (χ0) is 16.4. The molecule has 1 aliphatic heterocycles. The van der Waals surface area contributed by atoms with Crippen molar-refractivity contribution < 1.29 is 5.11 Å². The molecule has 1 heterocycles. The van der Waals surface area contributed by atoms with Gasteiger partial charge >= 0.3 is 0 Å². The third-order valence-electron chi connectivity index (χ3n) is 4.60. The highest BCUT2D eigenvalue weighted by molar-refractivity contribution is 7.99. The highest BCUT2D eigenvalue weighted by atomic mass is 32.2. The Morgan fingerprint density at radius 3 is 2.61 bits per heavy atom. The SMILES string of the molecule is CCNc1ccc2c(c1)[C@H](c1ccccc1)[C@H](O)C(C)(C)CS2. The summed E-state index contributed by atoms with van der Waals surface area (Å²) in [6.07, 6.45) is -0.407. The molecule has 0 aliphatic carbocycles. The molecule has 122 valence electrons. The quantitative estimate of drug-likeness (QED) is 0.854. The number of rotatable bonds is 3. The average Bonchev–Trinajstić information content (AvgIpc) is 2.64. The largest absolute Gasteiger partial charge is 0.392 e. The smallest absolute Gasteiger partial charge is 0.0708 e. The van der Waals surface area contributed by atoms with Gasteiger partial charge in [-0.1, -0.05) is 44.2 Å². The second-order valence-corrected chi connectivity index (χ2v) is 7.91. The normalized spacial score (nSPS) is 23.0. The standard InChI is InChI=1S/C20H25NOS/c1-4-21-15-10-11-17-16(12-15)18(14-8-6-5-7-9-14)19(22)20(2,3)13-23-17/h5-12,18-19,21-22H,4,13H2,1-3H3/t18-,19-/m0/s1. The van der Waals surface area contributed by atoms with Gasteiger partial charge in [0.2, 0.25) is 0 Å². The van der Waals surface area contributed by atoms with Crippen molar-refractivity contribution in [2.24, 2.45) is 5.41 Å². The summed E-state index contributed by atoms with van der Waals surface area (Å²) in [5.41, 5.74) is 3.41. The number of hydrogen-bond acceptors (Lipinski definition) is 3. The minimum Gasteiger partial charge on any atom is -0.392 e. The lowest BCUT2D eigenvalue weighted by molar-refractivity contribution is 0.0529. The predicted octanol–water partition coefficient (Wildman–Crippen LogP) is 4.74. The van der Waals surface area contributed by atoms with Gasteiger partial charge in [0, 0.05) is 34.2 Å². The van der Waals surface area contributed by atoms with Gasteiger partial charge in [-0.25, -0.2) is 0 Å². The number of anilines is 1. The Kier molecular flexibility index (Phi) is 4.69. The number of aliphatic hydroxyl groups excluding tert-OH is 1. The summed E-state index contributed by atoms with van der Waals surface area (Å²) in [6, 6.07) is 17.0. The maximum Gasteiger partial charge on any atom is 0.0708 e. The van der Waals surface area contributed by atoms with Crippen LogP contribution in [-0.4, -0.2) is 23.5 Å². The van der Waals surface area contributed by atoms with Crippen LogP contribution in [0.3, 0.4) is 0 Å². The summed E-state index contributed by atoms with van der Waals surface area (Å²) < 4.78 is 0. The van der Waals surface area contributed by atoms with Crippen molar-refractivity contribution in [2.75, 3.05) is 17.6 Å². The minimum absolute atomic E-state index is 0.00908. The van der Waals surface area contributed by atoms with Crippen LogP contribution in [0.1, 0.15) is 37.8 Å². The molecule has 0 bridgehead atoms. The van der Waals surface area contributed by atoms with E-state index < -0.39 is 6.10 Å². The van der Waals surface area contributed by atoms with E-state index >= 15 is 0 Å². The van der Waals surface area contributed by atoms with E-state index in [9.17, 15) is 5.11 Å². The van der Waals surface area contributed by atoms with E-state index in [4.69, 9.17) is 0 Å². The fourth-order valence-electron chi connectivity index (χ4n) is 3.23. The molecule has 3 heteroatoms. The number of nitrogens with one attached hydrogen (secondary N) is 1. The van der Waals surface area contributed by atoms with Gasteiger partial charge < -0.3 is 10.4 Å². The van der Waals surface area contributed by atoms with Gasteiger partial charge in [-0.05, 0) is 36.2 Å². The Bertz CT molecular complexity index is 669. The Balaban J connectivity index is 2.14. The second-order valence-electron chi connectivity index (χ2n) is 6.89. The van der Waals surface area contributed by atoms with E-state index in [-0.39, 0.29) is 11.3 Å². The van der Waals surface area contributed by atoms with Crippen molar-refractivity contribution in [3.05, 3.63) is 59.7 Å². The van der Waals surface area contributed by atoms with Crippen molar-refractivity contribution in [3.63, 3.8) is 0 Å². The molecule has 3 rings (SSSR count). The van der Waals surface area contributed by atoms with Crippen molar-refractivity contribution in [1.82, 2.24) is 0 Å². The van der Waals surface area contributed by atoms with Gasteiger partial charge in [-0.2, -0.15) is 0 Å². The third-order valence-corrected chi connectivity index (χ3v) is 6.17. The Hall–Kier alpha value is -1.45. The molecule has 0 spiro atoms. The van der Waals surface area contributed by atoms with Gasteiger partial charge in [0.05, 0.1) is 6.10 Å². The van der Waals surface area contributed by atoms with Crippen molar-refractivity contribution in [2.45, 2.75) is 37.7 Å². The number of benzene rings is 2. The van der Waals surface area contributed by atoms with Gasteiger partial charge in [0.15, 0.2) is 0 Å². The van der Waals surface area contributed by atoms with Crippen LogP contribution in [0.4, 0.5) is 5.69 Å². The summed E-state index contributed by atoms with van der Waals surface area (Å²) in [5.74, 6) is 0.931. The van der Waals surface area contributed by atoms with Gasteiger partial charge in [0.25, 0.3) is 0 Å². The molecule has 0 amide bonds. The predicted molar refractivity (Wildman–Crippen MR) is 99.4 cm³/mol. The summed E-state index contributed by atoms with van der Waals surface area (Å²) in [6.45, 7) is 7.33. The van der Waals surface area contributed by atoms with E-state index in [0.717, 1.165) is 18.0 Å². The van der Waals surface area contributed by atoms with Crippen LogP contribution < -0.4 is 5.32 Å². The molecule has 0 saturated heterocycles. The first-order valence-electron chi connectivity index (χ1n) is 8.26. The second kappa shape index (κ2) is 6.58. The van der Waals surface area contributed by atoms with E-state index in [1.807, 2.05) is 17.8 Å². The topological polar surface area (TPSA) is 32.3 Å². The lowest BCUT2D eigenvalue weighted by Crippen LogP contribution is -2.36. The summed E-state index contributed by atoms with van der Waals surface area (Å²) >= 11 is 1.86. The van der Waals surface area contributed by atoms with Crippen LogP contribution in [0.2, 0.25) is 0 Å². The lowest BCUT2D eigenvalue weighted by atomic mass is 9.75. The fraction of sp³-hybridized carbons (Fsp3) is 0.400. The molecule has 0 radical (unpaired) electrons. The molecule has 2 atom stereocenters. The van der Waals surface area contributed by atoms with E-state index in [0.29, 0.717) is 0 Å². The lowest BCUT2D eigenvalue weighted by Gasteiger charge is -2.34. The molecule has 1 aliphatic rings. The molecule has 2 N–H and O–H groups in total. The number of thioether (sulfide) groups is 1. The van der Waals surface area contributed by atoms with Gasteiger partial charge in [-0.15, -0.1) is 11.8 Å². The Morgan fingerprint density at radius 1 is 1.17 bits per heavy atom. The number of hydrogen-bond donors (Lipinski definition) is 2. The zero-order valence-corrected chi connectivity index (χ0v) is 14.9. The van der Waals surface area contributed by atoms with Crippen molar-refractivity contribution in [3.8, 4) is 0 Å². The highest BCUT2D eigenvalue weighted by Gasteiger charge is 2.39.